The smallest absolute Gasteiger partial charge is 0.238 e. The lowest BCUT2D eigenvalue weighted by Gasteiger charge is -2.27. The fraction of sp³-hybridized carbons (Fsp3) is 0.222. The van der Waals surface area contributed by atoms with Crippen LogP contribution in [0.3, 0.4) is 0 Å². The first-order chi connectivity index (χ1) is 19.6. The Kier molecular flexibility index (Phi) is 6.65. The van der Waals surface area contributed by atoms with E-state index in [4.69, 9.17) is 9.88 Å². The average Bonchev–Trinajstić information content (AvgIpc) is 3.51. The highest BCUT2D eigenvalue weighted by Gasteiger charge is 2.38. The third-order valence-corrected chi connectivity index (χ3v) is 10.6. The van der Waals surface area contributed by atoms with Gasteiger partial charge in [0.2, 0.25) is 10.0 Å². The number of hydrogen-bond donors (Lipinski definition) is 2. The van der Waals surface area contributed by atoms with Crippen LogP contribution in [0.15, 0.2) is 76.5 Å². The second-order valence-corrected chi connectivity index (χ2v) is 13.5. The third-order valence-electron chi connectivity index (χ3n) is 7.41. The fourth-order valence-electron chi connectivity index (χ4n) is 5.17. The molecule has 12 nitrogen and oxygen atoms in total. The highest BCUT2D eigenvalue weighted by molar-refractivity contribution is 7.92. The third kappa shape index (κ3) is 4.58. The highest BCUT2D eigenvalue weighted by atomic mass is 32.2. The van der Waals surface area contributed by atoms with Crippen LogP contribution in [-0.2, 0) is 33.3 Å². The van der Waals surface area contributed by atoms with Crippen molar-refractivity contribution in [1.29, 1.82) is 0 Å². The molecule has 2 aromatic heterocycles. The number of nitrogens with one attached hydrogen (secondary N) is 1. The number of fused-ring (bicyclic) bond motifs is 1. The van der Waals surface area contributed by atoms with Crippen molar-refractivity contribution in [2.24, 2.45) is 12.2 Å². The van der Waals surface area contributed by atoms with E-state index in [0.717, 1.165) is 5.56 Å². The summed E-state index contributed by atoms with van der Waals surface area (Å²) < 4.78 is 61.6. The molecule has 0 bridgehead atoms. The predicted octanol–water partition coefficient (Wildman–Crippen LogP) is 1.81. The number of sulfonamides is 1. The molecule has 6 rings (SSSR count). The Morgan fingerprint density at radius 1 is 1.00 bits per heavy atom. The molecule has 0 amide bonds. The molecule has 0 unspecified atom stereocenters. The van der Waals surface area contributed by atoms with Gasteiger partial charge in [-0.3, -0.25) is 0 Å². The van der Waals surface area contributed by atoms with E-state index in [1.807, 2.05) is 41.9 Å². The maximum Gasteiger partial charge on any atom is 0.238 e. The Morgan fingerprint density at radius 2 is 1.73 bits per heavy atom. The molecule has 1 aliphatic rings. The van der Waals surface area contributed by atoms with E-state index in [1.165, 1.54) is 10.7 Å². The summed E-state index contributed by atoms with van der Waals surface area (Å²) in [4.78, 5) is 0.0546. The quantitative estimate of drug-likeness (QED) is 0.273. The summed E-state index contributed by atoms with van der Waals surface area (Å²) in [6.07, 6.45) is 0.347. The van der Waals surface area contributed by atoms with Crippen LogP contribution in [0.2, 0.25) is 0 Å². The number of nitrogens with zero attached hydrogens (tertiary/aromatic N) is 5. The Bertz CT molecular complexity index is 2000. The monoisotopic (exact) mass is 593 g/mol. The Hall–Kier alpha value is -4.11. The van der Waals surface area contributed by atoms with Crippen molar-refractivity contribution in [2.75, 3.05) is 20.2 Å². The van der Waals surface area contributed by atoms with E-state index in [2.05, 4.69) is 20.8 Å². The van der Waals surface area contributed by atoms with Crippen LogP contribution in [0.1, 0.15) is 11.3 Å². The van der Waals surface area contributed by atoms with E-state index in [1.54, 1.807) is 37.4 Å². The molecule has 3 N–H and O–H groups in total. The molecule has 212 valence electrons. The lowest BCUT2D eigenvalue weighted by atomic mass is 10.1. The van der Waals surface area contributed by atoms with Gasteiger partial charge in [-0.2, -0.15) is 4.68 Å². The highest BCUT2D eigenvalue weighted by Crippen LogP contribution is 2.39. The maximum absolute atomic E-state index is 14.2. The zero-order valence-corrected chi connectivity index (χ0v) is 23.9. The topological polar surface area (TPSA) is 164 Å². The maximum atomic E-state index is 14.2. The number of hydrogen-bond acceptors (Lipinski definition) is 9. The van der Waals surface area contributed by atoms with Crippen molar-refractivity contribution in [1.82, 2.24) is 30.1 Å². The molecule has 3 heterocycles. The summed E-state index contributed by atoms with van der Waals surface area (Å²) in [7, 11) is -4.48. The SMILES string of the molecule is COc1ccc(Cc2c(S(=O)(=O)C3CNC3)c3c(-n4nnnc4-c4ccccc4S(N)(=O)=O)cccc3n2C)cc1. The summed E-state index contributed by atoms with van der Waals surface area (Å²) in [6.45, 7) is 0.696. The number of methoxy groups -OCH3 is 1. The summed E-state index contributed by atoms with van der Waals surface area (Å²) in [5, 5.41) is 20.5. The second-order valence-electron chi connectivity index (χ2n) is 9.81. The molecule has 3 aromatic carbocycles. The zero-order valence-electron chi connectivity index (χ0n) is 22.2. The molecule has 0 radical (unpaired) electrons. The van der Waals surface area contributed by atoms with Crippen LogP contribution < -0.4 is 15.2 Å². The van der Waals surface area contributed by atoms with Gasteiger partial charge in [0.25, 0.3) is 0 Å². The van der Waals surface area contributed by atoms with E-state index >= 15 is 0 Å². The van der Waals surface area contributed by atoms with Gasteiger partial charge in [-0.1, -0.05) is 30.3 Å². The van der Waals surface area contributed by atoms with Crippen molar-refractivity contribution in [3.8, 4) is 22.8 Å². The van der Waals surface area contributed by atoms with Gasteiger partial charge in [-0.15, -0.1) is 5.10 Å². The first kappa shape index (κ1) is 27.1. The van der Waals surface area contributed by atoms with Crippen LogP contribution >= 0.6 is 0 Å². The molecule has 0 saturated carbocycles. The zero-order chi connectivity index (χ0) is 28.9. The van der Waals surface area contributed by atoms with Gasteiger partial charge in [0.15, 0.2) is 15.7 Å². The number of primary sulfonamides is 1. The molecule has 1 aliphatic heterocycles. The minimum atomic E-state index is -4.11. The average molecular weight is 594 g/mol. The number of nitrogens with two attached hydrogens (primary N) is 1. The molecule has 0 spiro atoms. The van der Waals surface area contributed by atoms with Crippen molar-refractivity contribution in [3.05, 3.63) is 78.0 Å². The van der Waals surface area contributed by atoms with Crippen LogP contribution in [0.5, 0.6) is 5.75 Å². The minimum Gasteiger partial charge on any atom is -0.497 e. The first-order valence-corrected chi connectivity index (χ1v) is 15.8. The number of rotatable bonds is 8. The van der Waals surface area contributed by atoms with Gasteiger partial charge >= 0.3 is 0 Å². The van der Waals surface area contributed by atoms with E-state index in [0.29, 0.717) is 47.5 Å². The standard InChI is InChI=1S/C27H27N7O5S2/c1-33-21-7-5-8-22(34-27(30-31-32-34)20-6-3-4-9-24(20)41(28,37)38)25(21)26(40(35,36)19-15-29-16-19)23(33)14-17-10-12-18(39-2)13-11-17/h3-13,19,29H,14-16H2,1-2H3,(H2,28,37,38). The van der Waals surface area contributed by atoms with Gasteiger partial charge in [-0.05, 0) is 52.4 Å². The molecular weight excluding hydrogens is 566 g/mol. The summed E-state index contributed by atoms with van der Waals surface area (Å²) in [5.41, 5.74) is 2.78. The Morgan fingerprint density at radius 3 is 2.39 bits per heavy atom. The number of aryl methyl sites for hydroxylation is 1. The lowest BCUT2D eigenvalue weighted by molar-refractivity contribution is 0.414. The van der Waals surface area contributed by atoms with Crippen molar-refractivity contribution >= 4 is 30.8 Å². The number of benzene rings is 3. The molecule has 41 heavy (non-hydrogen) atoms. The predicted molar refractivity (Wildman–Crippen MR) is 152 cm³/mol. The number of tetrazole rings is 1. The van der Waals surface area contributed by atoms with E-state index in [9.17, 15) is 16.8 Å². The fourth-order valence-corrected chi connectivity index (χ4v) is 7.94. The van der Waals surface area contributed by atoms with Gasteiger partial charge in [-0.25, -0.2) is 22.0 Å². The van der Waals surface area contributed by atoms with Crippen molar-refractivity contribution in [3.63, 3.8) is 0 Å². The van der Waals surface area contributed by atoms with Crippen LogP contribution in [0.25, 0.3) is 28.0 Å². The van der Waals surface area contributed by atoms with Crippen molar-refractivity contribution < 1.29 is 21.6 Å². The van der Waals surface area contributed by atoms with Crippen LogP contribution in [0.4, 0.5) is 0 Å². The molecule has 1 fully saturated rings. The molecule has 0 aliphatic carbocycles. The number of sulfone groups is 1. The molecule has 0 atom stereocenters. The van der Waals surface area contributed by atoms with Crippen molar-refractivity contribution in [2.45, 2.75) is 21.5 Å². The van der Waals surface area contributed by atoms with E-state index in [-0.39, 0.29) is 21.2 Å². The first-order valence-electron chi connectivity index (χ1n) is 12.7. The lowest BCUT2D eigenvalue weighted by Crippen LogP contribution is -2.51. The second kappa shape index (κ2) is 10.1. The molecule has 5 aromatic rings. The van der Waals surface area contributed by atoms with Gasteiger partial charge in [0, 0.05) is 43.2 Å². The minimum absolute atomic E-state index is 0.108. The number of ether oxygens (including phenoxy) is 1. The van der Waals surface area contributed by atoms with Crippen LogP contribution in [-0.4, -0.2) is 67.1 Å². The molecule has 14 heteroatoms. The Labute approximate surface area is 236 Å². The van der Waals surface area contributed by atoms with Gasteiger partial charge in [0.1, 0.15) is 5.75 Å². The molecule has 1 saturated heterocycles. The number of aromatic nitrogens is 5. The largest absolute Gasteiger partial charge is 0.497 e. The molecular formula is C27H27N7O5S2. The summed E-state index contributed by atoms with van der Waals surface area (Å²) in [5.74, 6) is 0.809. The summed E-state index contributed by atoms with van der Waals surface area (Å²) >= 11 is 0. The van der Waals surface area contributed by atoms with Gasteiger partial charge in [0.05, 0.1) is 33.4 Å². The summed E-state index contributed by atoms with van der Waals surface area (Å²) in [6, 6.07) is 19.0. The Balaban J connectivity index is 1.62. The van der Waals surface area contributed by atoms with Crippen LogP contribution in [0, 0.1) is 0 Å². The normalized spacial score (nSPS) is 14.3. The van der Waals surface area contributed by atoms with Gasteiger partial charge < -0.3 is 14.6 Å². The van der Waals surface area contributed by atoms with E-state index < -0.39 is 25.1 Å².